The first-order valence-electron chi connectivity index (χ1n) is 6.71. The van der Waals surface area contributed by atoms with Crippen molar-refractivity contribution in [3.63, 3.8) is 0 Å². The number of hydrogen-bond acceptors (Lipinski definition) is 4. The first-order chi connectivity index (χ1) is 11.2. The highest BCUT2D eigenvalue weighted by molar-refractivity contribution is 7.16. The summed E-state index contributed by atoms with van der Waals surface area (Å²) in [5.74, 6) is -0.705. The van der Waals surface area contributed by atoms with E-state index < -0.39 is 5.91 Å². The van der Waals surface area contributed by atoms with Crippen LogP contribution in [0, 0.1) is 28.5 Å². The molecule has 6 heteroatoms. The smallest absolute Gasteiger partial charge is 0.248 e. The summed E-state index contributed by atoms with van der Waals surface area (Å²) in [6.07, 6.45) is 2.91. The quantitative estimate of drug-likeness (QED) is 0.624. The van der Waals surface area contributed by atoms with Crippen molar-refractivity contribution in [2.75, 3.05) is 13.1 Å². The Bertz CT molecular complexity index is 798. The van der Waals surface area contributed by atoms with E-state index in [1.165, 1.54) is 23.5 Å². The minimum absolute atomic E-state index is 0.137. The number of rotatable bonds is 5. The van der Waals surface area contributed by atoms with Crippen LogP contribution in [-0.2, 0) is 4.79 Å². The molecule has 2 rings (SSSR count). The molecule has 4 nitrogen and oxygen atoms in total. The zero-order valence-electron chi connectivity index (χ0n) is 12.1. The van der Waals surface area contributed by atoms with Gasteiger partial charge in [-0.2, -0.15) is 10.5 Å². The van der Waals surface area contributed by atoms with Gasteiger partial charge in [-0.25, -0.2) is 4.39 Å². The van der Waals surface area contributed by atoms with Gasteiger partial charge in [0.05, 0.1) is 12.1 Å². The Hall–Kier alpha value is -2.96. The zero-order chi connectivity index (χ0) is 16.7. The van der Waals surface area contributed by atoms with E-state index in [1.807, 2.05) is 12.1 Å². The molecule has 0 N–H and O–H groups in total. The first-order valence-corrected chi connectivity index (χ1v) is 7.53. The Morgan fingerprint density at radius 2 is 1.87 bits per heavy atom. The van der Waals surface area contributed by atoms with Gasteiger partial charge in [0.15, 0.2) is 0 Å². The maximum absolute atomic E-state index is 13.7. The summed E-state index contributed by atoms with van der Waals surface area (Å²) in [5, 5.41) is 17.3. The number of benzene rings is 1. The Balaban J connectivity index is 2.13. The van der Waals surface area contributed by atoms with Crippen molar-refractivity contribution in [2.24, 2.45) is 0 Å². The summed E-state index contributed by atoms with van der Waals surface area (Å²) < 4.78 is 13.7. The van der Waals surface area contributed by atoms with E-state index in [2.05, 4.69) is 0 Å². The average Bonchev–Trinajstić information content (AvgIpc) is 3.01. The van der Waals surface area contributed by atoms with Gasteiger partial charge in [-0.1, -0.05) is 18.2 Å². The fourth-order valence-electron chi connectivity index (χ4n) is 1.89. The third-order valence-corrected chi connectivity index (χ3v) is 4.07. The Morgan fingerprint density at radius 1 is 1.17 bits per heavy atom. The second-order valence-corrected chi connectivity index (χ2v) is 5.64. The normalized spacial score (nSPS) is 10.2. The highest BCUT2D eigenvalue weighted by atomic mass is 32.1. The highest BCUT2D eigenvalue weighted by Gasteiger charge is 2.10. The van der Waals surface area contributed by atoms with Crippen LogP contribution < -0.4 is 0 Å². The molecule has 1 heterocycles. The second-order valence-electron chi connectivity index (χ2n) is 4.53. The Morgan fingerprint density at radius 3 is 2.52 bits per heavy atom. The van der Waals surface area contributed by atoms with Gasteiger partial charge in [0, 0.05) is 21.4 Å². The molecule has 1 amide bonds. The van der Waals surface area contributed by atoms with Gasteiger partial charge in [0.2, 0.25) is 5.91 Å². The largest absolute Gasteiger partial charge is 0.313 e. The van der Waals surface area contributed by atoms with E-state index in [0.717, 1.165) is 14.7 Å². The van der Waals surface area contributed by atoms with E-state index in [1.54, 1.807) is 36.4 Å². The molecule has 114 valence electrons. The summed E-state index contributed by atoms with van der Waals surface area (Å²) in [6.45, 7) is -0.275. The predicted molar refractivity (Wildman–Crippen MR) is 86.6 cm³/mol. The summed E-state index contributed by atoms with van der Waals surface area (Å²) in [5.41, 5.74) is 0.513. The van der Waals surface area contributed by atoms with Gasteiger partial charge in [-0.05, 0) is 24.3 Å². The van der Waals surface area contributed by atoms with Crippen LogP contribution in [0.2, 0.25) is 0 Å². The number of hydrogen-bond donors (Lipinski definition) is 0. The average molecular weight is 325 g/mol. The SMILES string of the molecule is N#CCN(CC#N)C(=O)/C=C/c1ccc(-c2ccccc2F)s1. The van der Waals surface area contributed by atoms with Crippen LogP contribution in [0.15, 0.2) is 42.5 Å². The number of nitrogens with zero attached hydrogens (tertiary/aromatic N) is 3. The molecule has 0 aliphatic heterocycles. The number of carbonyl (C=O) groups is 1. The molecule has 0 saturated heterocycles. The summed E-state index contributed by atoms with van der Waals surface area (Å²) >= 11 is 1.35. The van der Waals surface area contributed by atoms with Crippen LogP contribution >= 0.6 is 11.3 Å². The number of carbonyl (C=O) groups excluding carboxylic acids is 1. The number of nitriles is 2. The first kappa shape index (κ1) is 16.4. The lowest BCUT2D eigenvalue weighted by Crippen LogP contribution is -2.30. The highest BCUT2D eigenvalue weighted by Crippen LogP contribution is 2.30. The molecule has 1 aromatic carbocycles. The van der Waals surface area contributed by atoms with Gasteiger partial charge >= 0.3 is 0 Å². The van der Waals surface area contributed by atoms with E-state index >= 15 is 0 Å². The van der Waals surface area contributed by atoms with Crippen molar-refractivity contribution in [3.05, 3.63) is 53.2 Å². The lowest BCUT2D eigenvalue weighted by Gasteiger charge is -2.12. The van der Waals surface area contributed by atoms with Crippen molar-refractivity contribution in [1.82, 2.24) is 4.90 Å². The number of halogens is 1. The number of thiophene rings is 1. The lowest BCUT2D eigenvalue weighted by molar-refractivity contribution is -0.124. The molecule has 0 saturated carbocycles. The van der Waals surface area contributed by atoms with Crippen molar-refractivity contribution in [2.45, 2.75) is 0 Å². The minimum Gasteiger partial charge on any atom is -0.313 e. The van der Waals surface area contributed by atoms with Crippen molar-refractivity contribution < 1.29 is 9.18 Å². The molecule has 0 aliphatic carbocycles. The lowest BCUT2D eigenvalue weighted by atomic mass is 10.2. The number of amides is 1. The molecular formula is C17H12FN3OS. The maximum Gasteiger partial charge on any atom is 0.248 e. The standard InChI is InChI=1S/C17H12FN3OS/c18-15-4-2-1-3-14(15)16-7-5-13(23-16)6-8-17(22)21(11-9-19)12-10-20/h1-8H,11-12H2/b8-6+. The zero-order valence-corrected chi connectivity index (χ0v) is 12.9. The molecule has 23 heavy (non-hydrogen) atoms. The van der Waals surface area contributed by atoms with Gasteiger partial charge in [0.1, 0.15) is 18.9 Å². The Labute approximate surface area is 137 Å². The van der Waals surface area contributed by atoms with Gasteiger partial charge < -0.3 is 4.90 Å². The van der Waals surface area contributed by atoms with Crippen molar-refractivity contribution >= 4 is 23.3 Å². The molecule has 0 atom stereocenters. The molecule has 0 bridgehead atoms. The Kier molecular flexibility index (Phi) is 5.62. The topological polar surface area (TPSA) is 67.9 Å². The van der Waals surface area contributed by atoms with Gasteiger partial charge in [0.25, 0.3) is 0 Å². The van der Waals surface area contributed by atoms with Gasteiger partial charge in [-0.3, -0.25) is 4.79 Å². The summed E-state index contributed by atoms with van der Waals surface area (Å²) in [7, 11) is 0. The van der Waals surface area contributed by atoms with Crippen molar-refractivity contribution in [1.29, 1.82) is 10.5 Å². The minimum atomic E-state index is -0.408. The molecule has 2 aromatic rings. The second kappa shape index (κ2) is 7.88. The van der Waals surface area contributed by atoms with Crippen LogP contribution in [0.3, 0.4) is 0 Å². The van der Waals surface area contributed by atoms with Crippen LogP contribution in [-0.4, -0.2) is 23.9 Å². The molecule has 1 aromatic heterocycles. The van der Waals surface area contributed by atoms with Crippen LogP contribution in [0.5, 0.6) is 0 Å². The fraction of sp³-hybridized carbons (Fsp3) is 0.118. The predicted octanol–water partition coefficient (Wildman–Crippen LogP) is 3.44. The molecular weight excluding hydrogens is 313 g/mol. The molecule has 0 radical (unpaired) electrons. The van der Waals surface area contributed by atoms with E-state index in [-0.39, 0.29) is 18.9 Å². The van der Waals surface area contributed by atoms with Crippen LogP contribution in [0.1, 0.15) is 4.88 Å². The maximum atomic E-state index is 13.7. The van der Waals surface area contributed by atoms with E-state index in [4.69, 9.17) is 10.5 Å². The summed E-state index contributed by atoms with van der Waals surface area (Å²) in [6, 6.07) is 13.8. The summed E-state index contributed by atoms with van der Waals surface area (Å²) in [4.78, 5) is 14.6. The third-order valence-electron chi connectivity index (χ3n) is 2.99. The van der Waals surface area contributed by atoms with Gasteiger partial charge in [-0.15, -0.1) is 11.3 Å². The van der Waals surface area contributed by atoms with E-state index in [9.17, 15) is 9.18 Å². The molecule has 0 spiro atoms. The molecule has 0 aliphatic rings. The van der Waals surface area contributed by atoms with Crippen LogP contribution in [0.4, 0.5) is 4.39 Å². The monoisotopic (exact) mass is 325 g/mol. The van der Waals surface area contributed by atoms with Crippen molar-refractivity contribution in [3.8, 4) is 22.6 Å². The molecule has 0 fully saturated rings. The third kappa shape index (κ3) is 4.26. The van der Waals surface area contributed by atoms with Crippen LogP contribution in [0.25, 0.3) is 16.5 Å². The fourth-order valence-corrected chi connectivity index (χ4v) is 2.83. The van der Waals surface area contributed by atoms with E-state index in [0.29, 0.717) is 5.56 Å². The molecule has 0 unspecified atom stereocenters.